The van der Waals surface area contributed by atoms with Crippen molar-refractivity contribution in [2.75, 3.05) is 39.3 Å². The van der Waals surface area contributed by atoms with Crippen molar-refractivity contribution in [1.82, 2.24) is 13.5 Å². The van der Waals surface area contributed by atoms with Crippen molar-refractivity contribution in [3.63, 3.8) is 0 Å². The number of aryl methyl sites for hydroxylation is 1. The lowest BCUT2D eigenvalue weighted by Crippen LogP contribution is -2.37. The zero-order valence-corrected chi connectivity index (χ0v) is 20.3. The molecule has 0 aliphatic carbocycles. The molecule has 10 heteroatoms. The fraction of sp³-hybridized carbons (Fsp3) is 0.435. The zero-order chi connectivity index (χ0) is 23.6. The Hall–Kier alpha value is -2.27. The third-order valence-electron chi connectivity index (χ3n) is 6.18. The molecule has 178 valence electrons. The van der Waals surface area contributed by atoms with Crippen LogP contribution in [0.4, 0.5) is 0 Å². The molecule has 0 aromatic heterocycles. The first-order valence-corrected chi connectivity index (χ1v) is 14.0. The molecule has 4 rings (SSSR count). The molecule has 2 fully saturated rings. The van der Waals surface area contributed by atoms with E-state index in [1.165, 1.54) is 20.7 Å². The Balaban J connectivity index is 1.48. The average Bonchev–Trinajstić information content (AvgIpc) is 3.24. The van der Waals surface area contributed by atoms with Crippen molar-refractivity contribution in [3.8, 4) is 0 Å². The SMILES string of the molecule is Cc1ccc(S(=O)(=O)N2CCCN(C(=O)c3cccc(S(=O)(=O)N4CCCC4)c3)CC2)cc1. The van der Waals surface area contributed by atoms with Crippen LogP contribution in [-0.2, 0) is 20.0 Å². The van der Waals surface area contributed by atoms with E-state index in [4.69, 9.17) is 0 Å². The second kappa shape index (κ2) is 9.54. The van der Waals surface area contributed by atoms with Gasteiger partial charge in [0.2, 0.25) is 20.0 Å². The summed E-state index contributed by atoms with van der Waals surface area (Å²) in [5.74, 6) is -0.289. The molecule has 2 aromatic rings. The molecule has 33 heavy (non-hydrogen) atoms. The number of carbonyl (C=O) groups is 1. The molecule has 2 aliphatic rings. The number of rotatable bonds is 5. The highest BCUT2D eigenvalue weighted by molar-refractivity contribution is 7.89. The summed E-state index contributed by atoms with van der Waals surface area (Å²) in [6, 6.07) is 12.9. The minimum absolute atomic E-state index is 0.119. The normalized spacial score (nSPS) is 18.9. The summed E-state index contributed by atoms with van der Waals surface area (Å²) >= 11 is 0. The van der Waals surface area contributed by atoms with E-state index >= 15 is 0 Å². The van der Waals surface area contributed by atoms with E-state index < -0.39 is 20.0 Å². The van der Waals surface area contributed by atoms with E-state index in [2.05, 4.69) is 0 Å². The molecular weight excluding hydrogens is 462 g/mol. The lowest BCUT2D eigenvalue weighted by Gasteiger charge is -2.22. The number of hydrogen-bond donors (Lipinski definition) is 0. The third kappa shape index (κ3) is 4.98. The standard InChI is InChI=1S/C23H29N3O5S2/c1-19-8-10-21(11-9-19)32(28,29)26-15-5-12-24(16-17-26)23(27)20-6-4-7-22(18-20)33(30,31)25-13-2-3-14-25/h4,6-11,18H,2-3,5,12-17H2,1H3. The van der Waals surface area contributed by atoms with Crippen LogP contribution in [0.3, 0.4) is 0 Å². The minimum Gasteiger partial charge on any atom is -0.337 e. The Bertz CT molecular complexity index is 1220. The van der Waals surface area contributed by atoms with Crippen molar-refractivity contribution < 1.29 is 21.6 Å². The highest BCUT2D eigenvalue weighted by atomic mass is 32.2. The second-order valence-electron chi connectivity index (χ2n) is 8.50. The molecule has 2 aromatic carbocycles. The first kappa shape index (κ1) is 23.9. The topological polar surface area (TPSA) is 95.1 Å². The van der Waals surface area contributed by atoms with E-state index in [9.17, 15) is 21.6 Å². The van der Waals surface area contributed by atoms with Gasteiger partial charge in [0, 0.05) is 44.8 Å². The molecule has 0 unspecified atom stereocenters. The Morgan fingerprint density at radius 2 is 1.30 bits per heavy atom. The zero-order valence-electron chi connectivity index (χ0n) is 18.7. The molecule has 0 saturated carbocycles. The first-order valence-electron chi connectivity index (χ1n) is 11.2. The van der Waals surface area contributed by atoms with E-state index in [1.807, 2.05) is 6.92 Å². The van der Waals surface area contributed by atoms with Crippen LogP contribution in [0, 0.1) is 6.92 Å². The van der Waals surface area contributed by atoms with Gasteiger partial charge >= 0.3 is 0 Å². The molecule has 0 radical (unpaired) electrons. The lowest BCUT2D eigenvalue weighted by molar-refractivity contribution is 0.0764. The smallest absolute Gasteiger partial charge is 0.253 e. The molecule has 2 aliphatic heterocycles. The Morgan fingerprint density at radius 3 is 2.00 bits per heavy atom. The van der Waals surface area contributed by atoms with E-state index in [-0.39, 0.29) is 28.8 Å². The van der Waals surface area contributed by atoms with Gasteiger partial charge in [-0.2, -0.15) is 8.61 Å². The molecule has 0 bridgehead atoms. The maximum atomic E-state index is 13.2. The summed E-state index contributed by atoms with van der Waals surface area (Å²) in [7, 11) is -7.26. The van der Waals surface area contributed by atoms with Gasteiger partial charge in [0.15, 0.2) is 0 Å². The average molecular weight is 492 g/mol. The van der Waals surface area contributed by atoms with Crippen LogP contribution < -0.4 is 0 Å². The monoisotopic (exact) mass is 491 g/mol. The van der Waals surface area contributed by atoms with Gasteiger partial charge in [-0.05, 0) is 56.5 Å². The third-order valence-corrected chi connectivity index (χ3v) is 9.99. The van der Waals surface area contributed by atoms with Crippen LogP contribution in [0.15, 0.2) is 58.3 Å². The van der Waals surface area contributed by atoms with Crippen molar-refractivity contribution in [1.29, 1.82) is 0 Å². The van der Waals surface area contributed by atoms with E-state index in [0.717, 1.165) is 18.4 Å². The maximum absolute atomic E-state index is 13.2. The summed E-state index contributed by atoms with van der Waals surface area (Å²) < 4.78 is 54.7. The van der Waals surface area contributed by atoms with E-state index in [1.54, 1.807) is 41.3 Å². The Morgan fingerprint density at radius 1 is 0.697 bits per heavy atom. The highest BCUT2D eigenvalue weighted by Gasteiger charge is 2.30. The van der Waals surface area contributed by atoms with Crippen LogP contribution in [0.1, 0.15) is 35.2 Å². The molecular formula is C23H29N3O5S2. The molecule has 2 saturated heterocycles. The van der Waals surface area contributed by atoms with Gasteiger partial charge in [-0.3, -0.25) is 4.79 Å². The number of nitrogens with zero attached hydrogens (tertiary/aromatic N) is 3. The van der Waals surface area contributed by atoms with Gasteiger partial charge in [-0.25, -0.2) is 16.8 Å². The van der Waals surface area contributed by atoms with Gasteiger partial charge in [-0.1, -0.05) is 23.8 Å². The number of sulfonamides is 2. The van der Waals surface area contributed by atoms with Crippen LogP contribution >= 0.6 is 0 Å². The van der Waals surface area contributed by atoms with Gasteiger partial charge in [0.1, 0.15) is 0 Å². The summed E-state index contributed by atoms with van der Waals surface area (Å²) in [4.78, 5) is 15.1. The first-order chi connectivity index (χ1) is 15.7. The van der Waals surface area contributed by atoms with Gasteiger partial charge in [0.05, 0.1) is 9.79 Å². The predicted octanol–water partition coefficient (Wildman–Crippen LogP) is 2.32. The fourth-order valence-corrected chi connectivity index (χ4v) is 7.28. The molecule has 8 nitrogen and oxygen atoms in total. The van der Waals surface area contributed by atoms with Crippen molar-refractivity contribution in [2.45, 2.75) is 36.0 Å². The maximum Gasteiger partial charge on any atom is 0.253 e. The highest BCUT2D eigenvalue weighted by Crippen LogP contribution is 2.23. The van der Waals surface area contributed by atoms with Crippen LogP contribution in [0.5, 0.6) is 0 Å². The summed E-state index contributed by atoms with van der Waals surface area (Å²) in [6.07, 6.45) is 2.18. The largest absolute Gasteiger partial charge is 0.337 e. The Labute approximate surface area is 195 Å². The molecule has 2 heterocycles. The van der Waals surface area contributed by atoms with Crippen molar-refractivity contribution in [2.24, 2.45) is 0 Å². The van der Waals surface area contributed by atoms with Crippen molar-refractivity contribution in [3.05, 3.63) is 59.7 Å². The van der Waals surface area contributed by atoms with Gasteiger partial charge < -0.3 is 4.90 Å². The van der Waals surface area contributed by atoms with Crippen LogP contribution in [0.2, 0.25) is 0 Å². The number of hydrogen-bond acceptors (Lipinski definition) is 5. The van der Waals surface area contributed by atoms with Crippen LogP contribution in [-0.4, -0.2) is 75.5 Å². The molecule has 0 atom stereocenters. The quantitative estimate of drug-likeness (QED) is 0.640. The number of benzene rings is 2. The summed E-state index contributed by atoms with van der Waals surface area (Å²) in [5.41, 5.74) is 1.28. The summed E-state index contributed by atoms with van der Waals surface area (Å²) in [5, 5.41) is 0. The van der Waals surface area contributed by atoms with E-state index in [0.29, 0.717) is 38.2 Å². The minimum atomic E-state index is -3.64. The predicted molar refractivity (Wildman–Crippen MR) is 125 cm³/mol. The second-order valence-corrected chi connectivity index (χ2v) is 12.4. The molecule has 1 amide bonds. The van der Waals surface area contributed by atoms with Gasteiger partial charge in [0.25, 0.3) is 5.91 Å². The van der Waals surface area contributed by atoms with Gasteiger partial charge in [-0.15, -0.1) is 0 Å². The van der Waals surface area contributed by atoms with Crippen LogP contribution in [0.25, 0.3) is 0 Å². The van der Waals surface area contributed by atoms with Crippen molar-refractivity contribution >= 4 is 26.0 Å². The fourth-order valence-electron chi connectivity index (χ4n) is 4.25. The Kier molecular flexibility index (Phi) is 6.90. The number of carbonyl (C=O) groups excluding carboxylic acids is 1. The lowest BCUT2D eigenvalue weighted by atomic mass is 10.2. The number of amides is 1. The summed E-state index contributed by atoms with van der Waals surface area (Å²) in [6.45, 7) is 4.05. The molecule has 0 N–H and O–H groups in total. The molecule has 0 spiro atoms.